The fraction of sp³-hybridized carbons (Fsp3) is 0. The molecule has 3 aromatic rings. The van der Waals surface area contributed by atoms with E-state index in [1.54, 1.807) is 18.3 Å². The Morgan fingerprint density at radius 1 is 1.36 bits per heavy atom. The quantitative estimate of drug-likeness (QED) is 0.300. The lowest BCUT2D eigenvalue weighted by atomic mass is 10.2. The molecule has 1 aromatic heterocycles. The Morgan fingerprint density at radius 3 is 2.92 bits per heavy atom. The summed E-state index contributed by atoms with van der Waals surface area (Å²) in [5.74, 6) is 0. The van der Waals surface area contributed by atoms with E-state index in [1.165, 1.54) is 23.5 Å². The number of rotatable bonds is 4. The van der Waals surface area contributed by atoms with Crippen molar-refractivity contribution in [1.29, 1.82) is 0 Å². The molecule has 0 saturated heterocycles. The van der Waals surface area contributed by atoms with Gasteiger partial charge in [-0.25, -0.2) is 4.98 Å². The Bertz CT molecular complexity index is 989. The van der Waals surface area contributed by atoms with Crippen molar-refractivity contribution < 1.29 is 4.92 Å². The zero-order chi connectivity index (χ0) is 17.8. The van der Waals surface area contributed by atoms with Gasteiger partial charge < -0.3 is 5.32 Å². The molecule has 3 rings (SSSR count). The zero-order valence-electron chi connectivity index (χ0n) is 12.5. The fourth-order valence-electron chi connectivity index (χ4n) is 1.95. The second-order valence-corrected chi connectivity index (χ2v) is 6.62. The number of hydrogen-bond donors (Lipinski definition) is 2. The van der Waals surface area contributed by atoms with E-state index in [0.29, 0.717) is 20.4 Å². The Morgan fingerprint density at radius 2 is 2.16 bits per heavy atom. The number of nitrogens with one attached hydrogen (secondary N) is 2. The molecule has 2 aromatic carbocycles. The number of nitrogens with zero attached hydrogens (tertiary/aromatic N) is 3. The summed E-state index contributed by atoms with van der Waals surface area (Å²) in [5.41, 5.74) is 4.10. The average Bonchev–Trinajstić information content (AvgIpc) is 2.97. The predicted molar refractivity (Wildman–Crippen MR) is 105 cm³/mol. The van der Waals surface area contributed by atoms with E-state index in [4.69, 9.17) is 23.8 Å². The van der Waals surface area contributed by atoms with Crippen molar-refractivity contribution in [2.24, 2.45) is 5.10 Å². The van der Waals surface area contributed by atoms with Gasteiger partial charge in [0.05, 0.1) is 21.4 Å². The first-order chi connectivity index (χ1) is 12.0. The van der Waals surface area contributed by atoms with Gasteiger partial charge in [0.2, 0.25) is 0 Å². The first-order valence-corrected chi connectivity index (χ1v) is 8.53. The van der Waals surface area contributed by atoms with E-state index in [2.05, 4.69) is 20.8 Å². The van der Waals surface area contributed by atoms with Crippen molar-refractivity contribution in [3.05, 3.63) is 63.2 Å². The third kappa shape index (κ3) is 4.27. The van der Waals surface area contributed by atoms with Gasteiger partial charge >= 0.3 is 0 Å². The molecule has 0 fully saturated rings. The van der Waals surface area contributed by atoms with E-state index in [9.17, 15) is 10.1 Å². The highest BCUT2D eigenvalue weighted by Crippen LogP contribution is 2.29. The number of nitro benzene ring substituents is 1. The van der Waals surface area contributed by atoms with E-state index < -0.39 is 4.92 Å². The minimum absolute atomic E-state index is 0.0211. The first kappa shape index (κ1) is 17.2. The van der Waals surface area contributed by atoms with Gasteiger partial charge in [-0.2, -0.15) is 5.10 Å². The van der Waals surface area contributed by atoms with Gasteiger partial charge in [-0.1, -0.05) is 41.1 Å². The van der Waals surface area contributed by atoms with Crippen LogP contribution in [0.5, 0.6) is 0 Å². The van der Waals surface area contributed by atoms with E-state index in [-0.39, 0.29) is 10.8 Å². The molecule has 2 N–H and O–H groups in total. The number of hydrazone groups is 1. The molecule has 1 heterocycles. The summed E-state index contributed by atoms with van der Waals surface area (Å²) in [6, 6.07) is 11.8. The van der Waals surface area contributed by atoms with E-state index in [0.717, 1.165) is 5.56 Å². The van der Waals surface area contributed by atoms with Crippen LogP contribution >= 0.6 is 35.2 Å². The van der Waals surface area contributed by atoms with Gasteiger partial charge in [-0.15, -0.1) is 0 Å². The van der Waals surface area contributed by atoms with Gasteiger partial charge in [-0.05, 0) is 24.4 Å². The Labute approximate surface area is 156 Å². The molecule has 0 amide bonds. The first-order valence-electron chi connectivity index (χ1n) is 6.92. The molecule has 7 nitrogen and oxygen atoms in total. The summed E-state index contributed by atoms with van der Waals surface area (Å²) in [6.45, 7) is 0. The highest BCUT2D eigenvalue weighted by atomic mass is 35.5. The number of thiazole rings is 1. The number of anilines is 1. The summed E-state index contributed by atoms with van der Waals surface area (Å²) < 4.78 is 0.694. The molecule has 0 aliphatic heterocycles. The van der Waals surface area contributed by atoms with E-state index >= 15 is 0 Å². The Kier molecular flexibility index (Phi) is 5.17. The molecule has 10 heteroatoms. The van der Waals surface area contributed by atoms with Gasteiger partial charge in [-0.3, -0.25) is 15.5 Å². The van der Waals surface area contributed by atoms with Crippen LogP contribution in [0.4, 0.5) is 10.8 Å². The van der Waals surface area contributed by atoms with Crippen LogP contribution in [0.1, 0.15) is 5.56 Å². The average molecular weight is 392 g/mol. The van der Waals surface area contributed by atoms with Crippen molar-refractivity contribution in [2.45, 2.75) is 0 Å². The molecule has 0 radical (unpaired) electrons. The molecule has 126 valence electrons. The normalized spacial score (nSPS) is 10.9. The number of halogens is 1. The maximum absolute atomic E-state index is 10.8. The minimum atomic E-state index is -0.443. The second kappa shape index (κ2) is 7.51. The van der Waals surface area contributed by atoms with Crippen molar-refractivity contribution >= 4 is 67.5 Å². The summed E-state index contributed by atoms with van der Waals surface area (Å²) >= 11 is 12.4. The van der Waals surface area contributed by atoms with Crippen molar-refractivity contribution in [3.8, 4) is 0 Å². The molecule has 0 aliphatic rings. The van der Waals surface area contributed by atoms with Gasteiger partial charge in [0.1, 0.15) is 0 Å². The largest absolute Gasteiger partial charge is 0.307 e. The molecule has 0 saturated carbocycles. The maximum Gasteiger partial charge on any atom is 0.270 e. The van der Waals surface area contributed by atoms with Crippen molar-refractivity contribution in [3.63, 3.8) is 0 Å². The van der Waals surface area contributed by atoms with Crippen LogP contribution in [0, 0.1) is 10.1 Å². The molecular formula is C15H10ClN5O2S2. The number of thiocarbonyl (C=S) groups is 1. The Balaban J connectivity index is 1.65. The van der Waals surface area contributed by atoms with Crippen LogP contribution < -0.4 is 10.7 Å². The van der Waals surface area contributed by atoms with Crippen LogP contribution in [0.3, 0.4) is 0 Å². The van der Waals surface area contributed by atoms with Crippen LogP contribution in [-0.2, 0) is 0 Å². The molecule has 0 unspecified atom stereocenters. The van der Waals surface area contributed by atoms with Gasteiger partial charge in [0.15, 0.2) is 10.2 Å². The van der Waals surface area contributed by atoms with Crippen LogP contribution in [0.15, 0.2) is 47.6 Å². The number of fused-ring (bicyclic) bond motifs is 1. The third-order valence-electron chi connectivity index (χ3n) is 3.08. The number of non-ortho nitro benzene ring substituents is 1. The standard InChI is InChI=1S/C15H10ClN5O2S2/c16-11-4-2-1-3-9(11)8-17-20-14(24)19-15-18-12-6-5-10(21(22)23)7-13(12)25-15/h1-8H,(H2,18,19,20,24)/b17-8-. The van der Waals surface area contributed by atoms with Crippen LogP contribution in [0.25, 0.3) is 10.2 Å². The maximum atomic E-state index is 10.8. The second-order valence-electron chi connectivity index (χ2n) is 4.77. The molecule has 25 heavy (non-hydrogen) atoms. The highest BCUT2D eigenvalue weighted by Gasteiger charge is 2.10. The summed E-state index contributed by atoms with van der Waals surface area (Å²) in [4.78, 5) is 14.7. The van der Waals surface area contributed by atoms with Crippen LogP contribution in [0.2, 0.25) is 5.02 Å². The highest BCUT2D eigenvalue weighted by molar-refractivity contribution is 7.80. The molecule has 0 aliphatic carbocycles. The zero-order valence-corrected chi connectivity index (χ0v) is 14.9. The number of hydrogen-bond acceptors (Lipinski definition) is 6. The fourth-order valence-corrected chi connectivity index (χ4v) is 3.25. The smallest absolute Gasteiger partial charge is 0.270 e. The Hall–Kier alpha value is -2.62. The summed E-state index contributed by atoms with van der Waals surface area (Å²) in [6.07, 6.45) is 1.55. The third-order valence-corrected chi connectivity index (χ3v) is 4.55. The number of aromatic nitrogens is 1. The monoisotopic (exact) mass is 391 g/mol. The summed E-state index contributed by atoms with van der Waals surface area (Å²) in [7, 11) is 0. The summed E-state index contributed by atoms with van der Waals surface area (Å²) in [5, 5.41) is 19.1. The molecular weight excluding hydrogens is 382 g/mol. The number of nitro groups is 1. The predicted octanol–water partition coefficient (Wildman–Crippen LogP) is 4.18. The molecule has 0 spiro atoms. The SMILES string of the molecule is O=[N+]([O-])c1ccc2nc(NC(=S)N/N=C\c3ccccc3Cl)sc2c1. The molecule has 0 atom stereocenters. The lowest BCUT2D eigenvalue weighted by molar-refractivity contribution is -0.384. The van der Waals surface area contributed by atoms with Crippen LogP contribution in [-0.4, -0.2) is 21.2 Å². The minimum Gasteiger partial charge on any atom is -0.307 e. The topological polar surface area (TPSA) is 92.5 Å². The van der Waals surface area contributed by atoms with Crippen molar-refractivity contribution in [2.75, 3.05) is 5.32 Å². The lowest BCUT2D eigenvalue weighted by Crippen LogP contribution is -2.23. The molecule has 0 bridgehead atoms. The number of benzene rings is 2. The van der Waals surface area contributed by atoms with Crippen molar-refractivity contribution in [1.82, 2.24) is 10.4 Å². The van der Waals surface area contributed by atoms with Gasteiger partial charge in [0.25, 0.3) is 5.69 Å². The van der Waals surface area contributed by atoms with Gasteiger partial charge in [0, 0.05) is 22.7 Å². The lowest BCUT2D eigenvalue weighted by Gasteiger charge is -2.03. The van der Waals surface area contributed by atoms with E-state index in [1.807, 2.05) is 18.2 Å².